The average Bonchev–Trinajstić information content (AvgIpc) is 2.75. The van der Waals surface area contributed by atoms with Crippen molar-refractivity contribution in [1.82, 2.24) is 4.90 Å². The molecule has 0 unspecified atom stereocenters. The maximum absolute atomic E-state index is 13.3. The van der Waals surface area contributed by atoms with E-state index < -0.39 is 5.82 Å². The number of amides is 2. The monoisotopic (exact) mass is 224 g/mol. The number of hydrogen-bond donors (Lipinski definition) is 2. The normalized spacial score (nSPS) is 15.2. The standard InChI is InChI=1S/C11H13FN2O2/c12-9-7-8(15)3-4-10(9)13-11(16)14-5-1-2-6-14/h3-4,7,15H,1-2,5-6H2,(H,13,16). The van der Waals surface area contributed by atoms with Gasteiger partial charge >= 0.3 is 6.03 Å². The number of urea groups is 1. The molecule has 5 heteroatoms. The Balaban J connectivity index is 2.05. The Labute approximate surface area is 92.7 Å². The first kappa shape index (κ1) is 10.7. The molecule has 0 atom stereocenters. The van der Waals surface area contributed by atoms with Gasteiger partial charge in [-0.1, -0.05) is 0 Å². The summed E-state index contributed by atoms with van der Waals surface area (Å²) in [5.74, 6) is -0.788. The summed E-state index contributed by atoms with van der Waals surface area (Å²) >= 11 is 0. The molecule has 1 heterocycles. The van der Waals surface area contributed by atoms with Crippen LogP contribution in [0.4, 0.5) is 14.9 Å². The van der Waals surface area contributed by atoms with Crippen LogP contribution in [0.2, 0.25) is 0 Å². The van der Waals surface area contributed by atoms with Crippen LogP contribution in [0.25, 0.3) is 0 Å². The fraction of sp³-hybridized carbons (Fsp3) is 0.364. The van der Waals surface area contributed by atoms with Crippen molar-refractivity contribution in [2.24, 2.45) is 0 Å². The summed E-state index contributed by atoms with van der Waals surface area (Å²) in [5, 5.41) is 11.5. The largest absolute Gasteiger partial charge is 0.508 e. The highest BCUT2D eigenvalue weighted by molar-refractivity contribution is 5.89. The van der Waals surface area contributed by atoms with E-state index in [1.54, 1.807) is 4.90 Å². The molecule has 1 aliphatic heterocycles. The third kappa shape index (κ3) is 2.24. The predicted octanol–water partition coefficient (Wildman–Crippen LogP) is 2.16. The third-order valence-electron chi connectivity index (χ3n) is 2.59. The van der Waals surface area contributed by atoms with Crippen molar-refractivity contribution in [2.45, 2.75) is 12.8 Å². The molecule has 16 heavy (non-hydrogen) atoms. The summed E-state index contributed by atoms with van der Waals surface area (Å²) in [6, 6.07) is 3.36. The highest BCUT2D eigenvalue weighted by atomic mass is 19.1. The molecule has 0 bridgehead atoms. The molecule has 1 saturated heterocycles. The second-order valence-corrected chi connectivity index (χ2v) is 3.79. The summed E-state index contributed by atoms with van der Waals surface area (Å²) in [4.78, 5) is 13.3. The molecule has 2 rings (SSSR count). The molecule has 4 nitrogen and oxygen atoms in total. The zero-order valence-electron chi connectivity index (χ0n) is 8.74. The molecule has 0 radical (unpaired) electrons. The first-order chi connectivity index (χ1) is 7.66. The smallest absolute Gasteiger partial charge is 0.321 e. The van der Waals surface area contributed by atoms with Crippen molar-refractivity contribution in [3.63, 3.8) is 0 Å². The van der Waals surface area contributed by atoms with Crippen LogP contribution in [0.1, 0.15) is 12.8 Å². The lowest BCUT2D eigenvalue weighted by atomic mass is 10.3. The van der Waals surface area contributed by atoms with E-state index in [2.05, 4.69) is 5.32 Å². The maximum Gasteiger partial charge on any atom is 0.321 e. The minimum absolute atomic E-state index is 0.0923. The Morgan fingerprint density at radius 1 is 1.38 bits per heavy atom. The lowest BCUT2D eigenvalue weighted by Gasteiger charge is -2.16. The van der Waals surface area contributed by atoms with Crippen molar-refractivity contribution < 1.29 is 14.3 Å². The van der Waals surface area contributed by atoms with Crippen molar-refractivity contribution in [3.05, 3.63) is 24.0 Å². The molecule has 1 fully saturated rings. The van der Waals surface area contributed by atoms with Gasteiger partial charge < -0.3 is 15.3 Å². The zero-order valence-corrected chi connectivity index (χ0v) is 8.74. The molecule has 0 spiro atoms. The van der Waals surface area contributed by atoms with E-state index in [4.69, 9.17) is 5.11 Å². The molecule has 0 saturated carbocycles. The number of hydrogen-bond acceptors (Lipinski definition) is 2. The van der Waals surface area contributed by atoms with Gasteiger partial charge in [0.05, 0.1) is 5.69 Å². The van der Waals surface area contributed by atoms with Crippen LogP contribution in [0.15, 0.2) is 18.2 Å². The predicted molar refractivity (Wildman–Crippen MR) is 57.9 cm³/mol. The summed E-state index contributed by atoms with van der Waals surface area (Å²) in [6.07, 6.45) is 1.98. The molecule has 0 aromatic heterocycles. The fourth-order valence-corrected chi connectivity index (χ4v) is 1.72. The number of anilines is 1. The van der Waals surface area contributed by atoms with Crippen LogP contribution in [0, 0.1) is 5.82 Å². The number of aromatic hydroxyl groups is 1. The number of phenols is 1. The molecule has 1 aromatic carbocycles. The van der Waals surface area contributed by atoms with Crippen LogP contribution < -0.4 is 5.32 Å². The number of phenolic OH excluding ortho intramolecular Hbond substituents is 1. The summed E-state index contributed by atoms with van der Waals surface area (Å²) in [5.41, 5.74) is 0.0923. The van der Waals surface area contributed by atoms with Crippen LogP contribution in [0.5, 0.6) is 5.75 Å². The lowest BCUT2D eigenvalue weighted by molar-refractivity contribution is 0.222. The second kappa shape index (κ2) is 4.38. The van der Waals surface area contributed by atoms with Gasteiger partial charge in [0.15, 0.2) is 0 Å². The molecule has 86 valence electrons. The highest BCUT2D eigenvalue weighted by Crippen LogP contribution is 2.20. The Morgan fingerprint density at radius 3 is 2.69 bits per heavy atom. The maximum atomic E-state index is 13.3. The van der Waals surface area contributed by atoms with E-state index in [1.165, 1.54) is 12.1 Å². The third-order valence-corrected chi connectivity index (χ3v) is 2.59. The van der Waals surface area contributed by atoms with Gasteiger partial charge in [0, 0.05) is 19.2 Å². The number of nitrogens with one attached hydrogen (secondary N) is 1. The number of benzene rings is 1. The van der Waals surface area contributed by atoms with Gasteiger partial charge in [0.2, 0.25) is 0 Å². The van der Waals surface area contributed by atoms with Crippen molar-refractivity contribution in [2.75, 3.05) is 18.4 Å². The van der Waals surface area contributed by atoms with Crippen molar-refractivity contribution in [1.29, 1.82) is 0 Å². The number of nitrogens with zero attached hydrogens (tertiary/aromatic N) is 1. The number of halogens is 1. The van der Waals surface area contributed by atoms with Crippen LogP contribution >= 0.6 is 0 Å². The Kier molecular flexibility index (Phi) is 2.94. The lowest BCUT2D eigenvalue weighted by Crippen LogP contribution is -2.32. The fourth-order valence-electron chi connectivity index (χ4n) is 1.72. The summed E-state index contributed by atoms with van der Waals surface area (Å²) in [6.45, 7) is 1.43. The van der Waals surface area contributed by atoms with Gasteiger partial charge in [0.1, 0.15) is 11.6 Å². The van der Waals surface area contributed by atoms with E-state index in [0.29, 0.717) is 13.1 Å². The molecule has 0 aliphatic carbocycles. The first-order valence-corrected chi connectivity index (χ1v) is 5.21. The SMILES string of the molecule is O=C(Nc1ccc(O)cc1F)N1CCCC1. The molecular formula is C11H13FN2O2. The van der Waals surface area contributed by atoms with Gasteiger partial charge in [-0.15, -0.1) is 0 Å². The molecule has 1 aliphatic rings. The van der Waals surface area contributed by atoms with Crippen molar-refractivity contribution in [3.8, 4) is 5.75 Å². The van der Waals surface area contributed by atoms with E-state index in [-0.39, 0.29) is 17.5 Å². The first-order valence-electron chi connectivity index (χ1n) is 5.21. The minimum atomic E-state index is -0.632. The quantitative estimate of drug-likeness (QED) is 0.718. The van der Waals surface area contributed by atoms with E-state index in [9.17, 15) is 9.18 Å². The molecule has 1 aromatic rings. The van der Waals surface area contributed by atoms with Gasteiger partial charge in [-0.3, -0.25) is 0 Å². The summed E-state index contributed by atoms with van der Waals surface area (Å²) in [7, 11) is 0. The van der Waals surface area contributed by atoms with Gasteiger partial charge in [-0.25, -0.2) is 9.18 Å². The van der Waals surface area contributed by atoms with Gasteiger partial charge in [0.25, 0.3) is 0 Å². The number of carbonyl (C=O) groups is 1. The van der Waals surface area contributed by atoms with E-state index in [0.717, 1.165) is 18.9 Å². The van der Waals surface area contributed by atoms with Crippen molar-refractivity contribution >= 4 is 11.7 Å². The zero-order chi connectivity index (χ0) is 11.5. The number of carbonyl (C=O) groups excluding carboxylic acids is 1. The molecular weight excluding hydrogens is 211 g/mol. The molecule has 2 N–H and O–H groups in total. The number of likely N-dealkylation sites (tertiary alicyclic amines) is 1. The van der Waals surface area contributed by atoms with Crippen LogP contribution in [-0.2, 0) is 0 Å². The minimum Gasteiger partial charge on any atom is -0.508 e. The topological polar surface area (TPSA) is 52.6 Å². The Bertz CT molecular complexity index is 403. The number of rotatable bonds is 1. The summed E-state index contributed by atoms with van der Waals surface area (Å²) < 4.78 is 13.3. The average molecular weight is 224 g/mol. The Hall–Kier alpha value is -1.78. The van der Waals surface area contributed by atoms with Gasteiger partial charge in [-0.05, 0) is 25.0 Å². The second-order valence-electron chi connectivity index (χ2n) is 3.79. The van der Waals surface area contributed by atoms with Gasteiger partial charge in [-0.2, -0.15) is 0 Å². The van der Waals surface area contributed by atoms with E-state index in [1.807, 2.05) is 0 Å². The Morgan fingerprint density at radius 2 is 2.06 bits per heavy atom. The highest BCUT2D eigenvalue weighted by Gasteiger charge is 2.18. The van der Waals surface area contributed by atoms with Crippen LogP contribution in [0.3, 0.4) is 0 Å². The molecule has 2 amide bonds. The van der Waals surface area contributed by atoms with Crippen LogP contribution in [-0.4, -0.2) is 29.1 Å². The van der Waals surface area contributed by atoms with E-state index >= 15 is 0 Å².